The van der Waals surface area contributed by atoms with Crippen molar-refractivity contribution >= 4 is 17.5 Å². The molecule has 1 aromatic rings. The van der Waals surface area contributed by atoms with Crippen LogP contribution >= 0.6 is 0 Å². The fraction of sp³-hybridized carbons (Fsp3) is 0.619. The SMILES string of the molecule is CC(O)(CN1C(=O)C(C)(C)c2ccccc21)C(=O)N1CCC2(CCCO2)C1. The molecule has 146 valence electrons. The van der Waals surface area contributed by atoms with Gasteiger partial charge < -0.3 is 19.6 Å². The number of hydrogen-bond donors (Lipinski definition) is 1. The van der Waals surface area contributed by atoms with E-state index < -0.39 is 11.0 Å². The Morgan fingerprint density at radius 1 is 1.30 bits per heavy atom. The summed E-state index contributed by atoms with van der Waals surface area (Å²) in [4.78, 5) is 29.3. The van der Waals surface area contributed by atoms with Gasteiger partial charge in [0.2, 0.25) is 5.91 Å². The summed E-state index contributed by atoms with van der Waals surface area (Å²) in [6.07, 6.45) is 2.80. The number of rotatable bonds is 3. The Morgan fingerprint density at radius 2 is 2.04 bits per heavy atom. The number of carbonyl (C=O) groups excluding carboxylic acids is 2. The largest absolute Gasteiger partial charge is 0.378 e. The number of benzene rings is 1. The number of β-amino-alcohol motifs (C(OH)–C–C–N with tert-alkyl or cyclic N) is 1. The second kappa shape index (κ2) is 6.04. The highest BCUT2D eigenvalue weighted by Gasteiger charge is 2.50. The Balaban J connectivity index is 1.53. The molecular formula is C21H28N2O4. The predicted octanol–water partition coefficient (Wildman–Crippen LogP) is 1.84. The molecule has 2 saturated heterocycles. The molecule has 1 N–H and O–H groups in total. The molecule has 2 fully saturated rings. The van der Waals surface area contributed by atoms with Crippen LogP contribution in [0.3, 0.4) is 0 Å². The van der Waals surface area contributed by atoms with Crippen LogP contribution in [0.25, 0.3) is 0 Å². The highest BCUT2D eigenvalue weighted by molar-refractivity contribution is 6.08. The lowest BCUT2D eigenvalue weighted by atomic mass is 9.86. The average Bonchev–Trinajstić information content (AvgIpc) is 3.32. The van der Waals surface area contributed by atoms with E-state index in [2.05, 4.69) is 0 Å². The summed E-state index contributed by atoms with van der Waals surface area (Å²) in [6.45, 7) is 7.08. The summed E-state index contributed by atoms with van der Waals surface area (Å²) in [5.74, 6) is -0.418. The molecule has 27 heavy (non-hydrogen) atoms. The third-order valence-electron chi connectivity index (χ3n) is 6.36. The van der Waals surface area contributed by atoms with Gasteiger partial charge in [-0.2, -0.15) is 0 Å². The van der Waals surface area contributed by atoms with Crippen molar-refractivity contribution in [2.75, 3.05) is 31.1 Å². The molecule has 1 spiro atoms. The number of likely N-dealkylation sites (tertiary alicyclic amines) is 1. The molecule has 2 atom stereocenters. The van der Waals surface area contributed by atoms with Gasteiger partial charge in [-0.15, -0.1) is 0 Å². The molecule has 0 saturated carbocycles. The Bertz CT molecular complexity index is 780. The zero-order chi connectivity index (χ0) is 19.4. The van der Waals surface area contributed by atoms with Crippen LogP contribution in [-0.4, -0.2) is 59.3 Å². The molecule has 2 amide bonds. The van der Waals surface area contributed by atoms with Crippen LogP contribution < -0.4 is 4.90 Å². The molecule has 3 aliphatic rings. The van der Waals surface area contributed by atoms with Gasteiger partial charge >= 0.3 is 0 Å². The number of carbonyl (C=O) groups is 2. The van der Waals surface area contributed by atoms with E-state index >= 15 is 0 Å². The Kier molecular flexibility index (Phi) is 4.13. The minimum absolute atomic E-state index is 0.0462. The second-order valence-electron chi connectivity index (χ2n) is 8.92. The number of nitrogens with zero attached hydrogens (tertiary/aromatic N) is 2. The molecule has 0 aliphatic carbocycles. The number of ether oxygens (including phenoxy) is 1. The highest BCUT2D eigenvalue weighted by Crippen LogP contribution is 2.42. The van der Waals surface area contributed by atoms with Gasteiger partial charge in [-0.3, -0.25) is 9.59 Å². The van der Waals surface area contributed by atoms with Crippen LogP contribution in [0, 0.1) is 0 Å². The summed E-state index contributed by atoms with van der Waals surface area (Å²) in [5.41, 5.74) is -0.835. The first kappa shape index (κ1) is 18.4. The van der Waals surface area contributed by atoms with Crippen molar-refractivity contribution in [1.29, 1.82) is 0 Å². The fourth-order valence-corrected chi connectivity index (χ4v) is 4.77. The number of anilines is 1. The summed E-state index contributed by atoms with van der Waals surface area (Å²) >= 11 is 0. The molecule has 4 rings (SSSR count). The van der Waals surface area contributed by atoms with E-state index in [-0.39, 0.29) is 24.0 Å². The van der Waals surface area contributed by atoms with Gasteiger partial charge in [0, 0.05) is 25.4 Å². The van der Waals surface area contributed by atoms with E-state index in [1.54, 1.807) is 9.80 Å². The van der Waals surface area contributed by atoms with Gasteiger partial charge in [-0.25, -0.2) is 0 Å². The quantitative estimate of drug-likeness (QED) is 0.879. The first-order valence-corrected chi connectivity index (χ1v) is 9.74. The average molecular weight is 372 g/mol. The van der Waals surface area contributed by atoms with Crippen molar-refractivity contribution < 1.29 is 19.4 Å². The van der Waals surface area contributed by atoms with Crippen LogP contribution in [-0.2, 0) is 19.7 Å². The molecule has 0 bridgehead atoms. The predicted molar refractivity (Wildman–Crippen MR) is 102 cm³/mol. The van der Waals surface area contributed by atoms with Crippen molar-refractivity contribution in [3.63, 3.8) is 0 Å². The Morgan fingerprint density at radius 3 is 2.74 bits per heavy atom. The van der Waals surface area contributed by atoms with Gasteiger partial charge in [0.1, 0.15) is 0 Å². The standard InChI is InChI=1S/C21H28N2O4/c1-19(2)15-7-4-5-8-16(15)23(17(19)24)13-20(3,26)18(25)22-11-10-21(14-22)9-6-12-27-21/h4-5,7-8,26H,6,9-14H2,1-3H3. The third-order valence-corrected chi connectivity index (χ3v) is 6.36. The van der Waals surface area contributed by atoms with E-state index in [1.807, 2.05) is 38.1 Å². The maximum Gasteiger partial charge on any atom is 0.256 e. The van der Waals surface area contributed by atoms with Gasteiger partial charge in [0.15, 0.2) is 5.60 Å². The van der Waals surface area contributed by atoms with Crippen molar-refractivity contribution in [1.82, 2.24) is 4.90 Å². The van der Waals surface area contributed by atoms with E-state index in [0.717, 1.165) is 37.1 Å². The minimum atomic E-state index is -1.65. The van der Waals surface area contributed by atoms with Crippen molar-refractivity contribution in [3.05, 3.63) is 29.8 Å². The number of aliphatic hydroxyl groups is 1. The zero-order valence-electron chi connectivity index (χ0n) is 16.3. The van der Waals surface area contributed by atoms with Crippen LogP contribution in [0.1, 0.15) is 45.6 Å². The fourth-order valence-electron chi connectivity index (χ4n) is 4.77. The monoisotopic (exact) mass is 372 g/mol. The molecule has 6 nitrogen and oxygen atoms in total. The molecule has 1 aromatic carbocycles. The third kappa shape index (κ3) is 2.86. The van der Waals surface area contributed by atoms with Crippen LogP contribution in [0.15, 0.2) is 24.3 Å². The first-order chi connectivity index (χ1) is 12.7. The van der Waals surface area contributed by atoms with E-state index in [4.69, 9.17) is 4.74 Å². The lowest BCUT2D eigenvalue weighted by molar-refractivity contribution is -0.148. The van der Waals surface area contributed by atoms with Gasteiger partial charge in [-0.05, 0) is 51.7 Å². The summed E-state index contributed by atoms with van der Waals surface area (Å²) < 4.78 is 5.88. The molecular weight excluding hydrogens is 344 g/mol. The lowest BCUT2D eigenvalue weighted by Crippen LogP contribution is -2.55. The van der Waals surface area contributed by atoms with Crippen molar-refractivity contribution in [2.45, 2.75) is 56.7 Å². The normalized spacial score (nSPS) is 28.7. The summed E-state index contributed by atoms with van der Waals surface area (Å²) in [6, 6.07) is 7.59. The number of hydrogen-bond acceptors (Lipinski definition) is 4. The maximum atomic E-state index is 13.1. The zero-order valence-corrected chi connectivity index (χ0v) is 16.3. The van der Waals surface area contributed by atoms with Crippen LogP contribution in [0.4, 0.5) is 5.69 Å². The van der Waals surface area contributed by atoms with Gasteiger partial charge in [0.25, 0.3) is 5.91 Å². The first-order valence-electron chi connectivity index (χ1n) is 9.74. The van der Waals surface area contributed by atoms with E-state index in [0.29, 0.717) is 13.1 Å². The molecule has 6 heteroatoms. The van der Waals surface area contributed by atoms with E-state index in [9.17, 15) is 14.7 Å². The summed E-state index contributed by atoms with van der Waals surface area (Å²) in [5, 5.41) is 11.0. The molecule has 2 unspecified atom stereocenters. The van der Waals surface area contributed by atoms with Crippen LogP contribution in [0.5, 0.6) is 0 Å². The van der Waals surface area contributed by atoms with Crippen molar-refractivity contribution in [2.24, 2.45) is 0 Å². The van der Waals surface area contributed by atoms with Gasteiger partial charge in [0.05, 0.1) is 17.6 Å². The molecule has 0 aromatic heterocycles. The van der Waals surface area contributed by atoms with Crippen LogP contribution in [0.2, 0.25) is 0 Å². The number of amides is 2. The maximum absolute atomic E-state index is 13.1. The Labute approximate surface area is 160 Å². The van der Waals surface area contributed by atoms with Crippen molar-refractivity contribution in [3.8, 4) is 0 Å². The molecule has 3 aliphatic heterocycles. The molecule has 3 heterocycles. The lowest BCUT2D eigenvalue weighted by Gasteiger charge is -2.33. The Hall–Kier alpha value is -1.92. The highest BCUT2D eigenvalue weighted by atomic mass is 16.5. The smallest absolute Gasteiger partial charge is 0.256 e. The minimum Gasteiger partial charge on any atom is -0.378 e. The van der Waals surface area contributed by atoms with Gasteiger partial charge in [-0.1, -0.05) is 18.2 Å². The second-order valence-corrected chi connectivity index (χ2v) is 8.92. The topological polar surface area (TPSA) is 70.1 Å². The number of fused-ring (bicyclic) bond motifs is 1. The molecule has 0 radical (unpaired) electrons. The number of para-hydroxylation sites is 1. The van der Waals surface area contributed by atoms with E-state index in [1.165, 1.54) is 6.92 Å². The summed E-state index contributed by atoms with van der Waals surface area (Å²) in [7, 11) is 0.